The molecule has 3 nitrogen and oxygen atoms in total. The van der Waals surface area contributed by atoms with E-state index in [1.807, 2.05) is 0 Å². The van der Waals surface area contributed by atoms with Gasteiger partial charge in [0.2, 0.25) is 0 Å². The molecule has 1 unspecified atom stereocenters. The number of nitrogens with one attached hydrogen (secondary N) is 1. The van der Waals surface area contributed by atoms with Crippen molar-refractivity contribution in [3.63, 3.8) is 0 Å². The number of sulfone groups is 1. The summed E-state index contributed by atoms with van der Waals surface area (Å²) in [5.74, 6) is 1.52. The predicted molar refractivity (Wildman–Crippen MR) is 57.0 cm³/mol. The minimum absolute atomic E-state index is 0.218. The second-order valence-electron chi connectivity index (χ2n) is 4.75. The molecule has 2 atom stereocenters. The van der Waals surface area contributed by atoms with E-state index in [2.05, 4.69) is 12.2 Å². The quantitative estimate of drug-likeness (QED) is 0.765. The van der Waals surface area contributed by atoms with Crippen molar-refractivity contribution in [3.05, 3.63) is 0 Å². The average molecular weight is 217 g/mol. The molecule has 1 saturated carbocycles. The minimum atomic E-state index is -2.72. The summed E-state index contributed by atoms with van der Waals surface area (Å²) in [7, 11) is -2.72. The maximum absolute atomic E-state index is 11.2. The van der Waals surface area contributed by atoms with Crippen LogP contribution in [0.1, 0.15) is 32.6 Å². The van der Waals surface area contributed by atoms with Crippen LogP contribution in [0.5, 0.6) is 0 Å². The molecule has 2 rings (SSSR count). The first kappa shape index (κ1) is 10.4. The summed E-state index contributed by atoms with van der Waals surface area (Å²) in [6.07, 6.45) is 4.78. The van der Waals surface area contributed by atoms with E-state index in [0.29, 0.717) is 17.5 Å². The van der Waals surface area contributed by atoms with E-state index in [-0.39, 0.29) is 6.04 Å². The maximum atomic E-state index is 11.2. The average Bonchev–Trinajstić information content (AvgIpc) is 2.25. The molecule has 0 radical (unpaired) electrons. The SMILES string of the molecule is C[C@@H](NC1CCS(=O)(=O)C1)C1CCC1. The molecule has 1 aliphatic carbocycles. The van der Waals surface area contributed by atoms with Crippen LogP contribution >= 0.6 is 0 Å². The molecule has 0 spiro atoms. The Morgan fingerprint density at radius 3 is 2.43 bits per heavy atom. The van der Waals surface area contributed by atoms with Gasteiger partial charge in [-0.25, -0.2) is 8.42 Å². The van der Waals surface area contributed by atoms with Crippen LogP contribution in [-0.4, -0.2) is 32.0 Å². The Morgan fingerprint density at radius 1 is 1.29 bits per heavy atom. The molecule has 0 amide bonds. The fraction of sp³-hybridized carbons (Fsp3) is 1.00. The van der Waals surface area contributed by atoms with E-state index in [0.717, 1.165) is 12.3 Å². The third-order valence-corrected chi connectivity index (χ3v) is 5.36. The predicted octanol–water partition coefficient (Wildman–Crippen LogP) is 0.952. The van der Waals surface area contributed by atoms with Crippen molar-refractivity contribution in [1.82, 2.24) is 5.32 Å². The highest BCUT2D eigenvalue weighted by molar-refractivity contribution is 7.91. The van der Waals surface area contributed by atoms with Crippen molar-refractivity contribution in [2.45, 2.75) is 44.7 Å². The zero-order valence-electron chi connectivity index (χ0n) is 8.70. The molecule has 82 valence electrons. The van der Waals surface area contributed by atoms with Crippen LogP contribution in [0.15, 0.2) is 0 Å². The molecule has 1 saturated heterocycles. The Bertz CT molecular complexity index is 295. The molecule has 0 aromatic carbocycles. The lowest BCUT2D eigenvalue weighted by atomic mass is 9.80. The van der Waals surface area contributed by atoms with Crippen molar-refractivity contribution < 1.29 is 8.42 Å². The third-order valence-electron chi connectivity index (χ3n) is 3.59. The minimum Gasteiger partial charge on any atom is -0.310 e. The van der Waals surface area contributed by atoms with E-state index < -0.39 is 9.84 Å². The summed E-state index contributed by atoms with van der Waals surface area (Å²) in [5.41, 5.74) is 0. The van der Waals surface area contributed by atoms with Crippen molar-refractivity contribution in [3.8, 4) is 0 Å². The highest BCUT2D eigenvalue weighted by Gasteiger charge is 2.31. The third kappa shape index (κ3) is 2.28. The zero-order valence-corrected chi connectivity index (χ0v) is 9.52. The molecule has 2 aliphatic rings. The molecular formula is C10H19NO2S. The molecule has 1 N–H and O–H groups in total. The highest BCUT2D eigenvalue weighted by atomic mass is 32.2. The van der Waals surface area contributed by atoms with Gasteiger partial charge in [-0.2, -0.15) is 0 Å². The van der Waals surface area contributed by atoms with Crippen molar-refractivity contribution in [1.29, 1.82) is 0 Å². The van der Waals surface area contributed by atoms with E-state index in [9.17, 15) is 8.42 Å². The van der Waals surface area contributed by atoms with Crippen LogP contribution in [0.4, 0.5) is 0 Å². The van der Waals surface area contributed by atoms with Crippen molar-refractivity contribution >= 4 is 9.84 Å². The Hall–Kier alpha value is -0.0900. The van der Waals surface area contributed by atoms with Gasteiger partial charge in [-0.3, -0.25) is 0 Å². The summed E-state index contributed by atoms with van der Waals surface area (Å²) in [5, 5.41) is 3.46. The number of hydrogen-bond donors (Lipinski definition) is 1. The second kappa shape index (κ2) is 3.81. The molecule has 1 aliphatic heterocycles. The van der Waals surface area contributed by atoms with Crippen LogP contribution in [0.3, 0.4) is 0 Å². The molecule has 2 fully saturated rings. The standard InChI is InChI=1S/C10H19NO2S/c1-8(9-3-2-4-9)11-10-5-6-14(12,13)7-10/h8-11H,2-7H2,1H3/t8-,10?/m1/s1. The Balaban J connectivity index is 1.80. The van der Waals surface area contributed by atoms with Gasteiger partial charge < -0.3 is 5.32 Å². The van der Waals surface area contributed by atoms with Gasteiger partial charge in [-0.1, -0.05) is 6.42 Å². The van der Waals surface area contributed by atoms with Crippen molar-refractivity contribution in [2.24, 2.45) is 5.92 Å². The van der Waals surface area contributed by atoms with Gasteiger partial charge in [0, 0.05) is 12.1 Å². The molecule has 0 bridgehead atoms. The van der Waals surface area contributed by atoms with Crippen molar-refractivity contribution in [2.75, 3.05) is 11.5 Å². The Kier molecular flexibility index (Phi) is 2.84. The Labute approximate surface area is 86.2 Å². The molecule has 0 aromatic rings. The summed E-state index contributed by atoms with van der Waals surface area (Å²) in [6.45, 7) is 2.19. The lowest BCUT2D eigenvalue weighted by Crippen LogP contribution is -2.43. The molecule has 4 heteroatoms. The Morgan fingerprint density at radius 2 is 2.00 bits per heavy atom. The van der Waals surface area contributed by atoms with Crippen LogP contribution < -0.4 is 5.32 Å². The van der Waals surface area contributed by atoms with Crippen LogP contribution in [0.25, 0.3) is 0 Å². The lowest BCUT2D eigenvalue weighted by molar-refractivity contribution is 0.230. The summed E-state index contributed by atoms with van der Waals surface area (Å²) in [6, 6.07) is 0.720. The fourth-order valence-corrected chi connectivity index (χ4v) is 4.06. The summed E-state index contributed by atoms with van der Waals surface area (Å²) in [4.78, 5) is 0. The monoisotopic (exact) mass is 217 g/mol. The van der Waals surface area contributed by atoms with E-state index in [1.54, 1.807) is 0 Å². The maximum Gasteiger partial charge on any atom is 0.151 e. The second-order valence-corrected chi connectivity index (χ2v) is 6.98. The van der Waals surface area contributed by atoms with Gasteiger partial charge in [0.15, 0.2) is 9.84 Å². The van der Waals surface area contributed by atoms with Gasteiger partial charge in [-0.15, -0.1) is 0 Å². The first-order chi connectivity index (χ1) is 6.57. The van der Waals surface area contributed by atoms with Crippen LogP contribution in [-0.2, 0) is 9.84 Å². The zero-order chi connectivity index (χ0) is 10.2. The first-order valence-electron chi connectivity index (χ1n) is 5.53. The molecule has 0 aromatic heterocycles. The lowest BCUT2D eigenvalue weighted by Gasteiger charge is -2.33. The molecule has 14 heavy (non-hydrogen) atoms. The van der Waals surface area contributed by atoms with Crippen LogP contribution in [0.2, 0.25) is 0 Å². The van der Waals surface area contributed by atoms with E-state index in [1.165, 1.54) is 19.3 Å². The number of hydrogen-bond acceptors (Lipinski definition) is 3. The van der Waals surface area contributed by atoms with Gasteiger partial charge >= 0.3 is 0 Å². The van der Waals surface area contributed by atoms with Gasteiger partial charge in [-0.05, 0) is 32.1 Å². The normalized spacial score (nSPS) is 33.9. The van der Waals surface area contributed by atoms with E-state index >= 15 is 0 Å². The topological polar surface area (TPSA) is 46.2 Å². The summed E-state index contributed by atoms with van der Waals surface area (Å²) >= 11 is 0. The van der Waals surface area contributed by atoms with Gasteiger partial charge in [0.05, 0.1) is 11.5 Å². The largest absolute Gasteiger partial charge is 0.310 e. The fourth-order valence-electron chi connectivity index (χ4n) is 2.37. The van der Waals surface area contributed by atoms with E-state index in [4.69, 9.17) is 0 Å². The smallest absolute Gasteiger partial charge is 0.151 e. The summed E-state index contributed by atoms with van der Waals surface area (Å²) < 4.78 is 22.5. The first-order valence-corrected chi connectivity index (χ1v) is 7.35. The molecule has 1 heterocycles. The van der Waals surface area contributed by atoms with Crippen LogP contribution in [0, 0.1) is 5.92 Å². The van der Waals surface area contributed by atoms with Gasteiger partial charge in [0.1, 0.15) is 0 Å². The molecular weight excluding hydrogens is 198 g/mol. The number of rotatable bonds is 3. The highest BCUT2D eigenvalue weighted by Crippen LogP contribution is 2.30. The van der Waals surface area contributed by atoms with Gasteiger partial charge in [0.25, 0.3) is 0 Å².